The van der Waals surface area contributed by atoms with E-state index in [-0.39, 0.29) is 19.4 Å². The fraction of sp³-hybridized carbons (Fsp3) is 0.918. The fourth-order valence-corrected chi connectivity index (χ4v) is 7.91. The number of ether oxygens (including phenoxy) is 2. The van der Waals surface area contributed by atoms with Gasteiger partial charge in [0.2, 0.25) is 0 Å². The summed E-state index contributed by atoms with van der Waals surface area (Å²) in [6, 6.07) is 0. The van der Waals surface area contributed by atoms with E-state index in [4.69, 9.17) is 19.3 Å². The van der Waals surface area contributed by atoms with Crippen molar-refractivity contribution in [2.45, 2.75) is 277 Å². The quantitative estimate of drug-likeness (QED) is 0.0269. The first-order valence-electron chi connectivity index (χ1n) is 25.0. The van der Waals surface area contributed by atoms with Crippen molar-refractivity contribution in [3.05, 3.63) is 12.2 Å². The van der Waals surface area contributed by atoms with Crippen LogP contribution in [0, 0.1) is 0 Å². The molecule has 0 saturated heterocycles. The Labute approximate surface area is 358 Å². The summed E-state index contributed by atoms with van der Waals surface area (Å²) in [4.78, 5) is 43.1. The molecule has 0 aromatic rings. The summed E-state index contributed by atoms with van der Waals surface area (Å²) >= 11 is 0. The maximum Gasteiger partial charge on any atom is 0.469 e. The molecule has 0 aromatic carbocycles. The third kappa shape index (κ3) is 47.5. The number of unbranched alkanes of at least 4 members (excludes halogenated alkanes) is 35. The van der Waals surface area contributed by atoms with Crippen molar-refractivity contribution in [2.24, 2.45) is 0 Å². The lowest BCUT2D eigenvalue weighted by Gasteiger charge is -2.18. The molecule has 0 amide bonds. The van der Waals surface area contributed by atoms with E-state index >= 15 is 0 Å². The molecule has 9 heteroatoms. The van der Waals surface area contributed by atoms with E-state index in [0.717, 1.165) is 38.5 Å². The van der Waals surface area contributed by atoms with Crippen molar-refractivity contribution in [3.8, 4) is 0 Å². The van der Waals surface area contributed by atoms with Gasteiger partial charge in [-0.05, 0) is 38.5 Å². The van der Waals surface area contributed by atoms with Gasteiger partial charge in [0.15, 0.2) is 6.10 Å². The molecule has 344 valence electrons. The molecule has 2 N–H and O–H groups in total. The summed E-state index contributed by atoms with van der Waals surface area (Å²) in [6.07, 6.45) is 52.3. The highest BCUT2D eigenvalue weighted by molar-refractivity contribution is 7.46. The Kier molecular flexibility index (Phi) is 44.4. The highest BCUT2D eigenvalue weighted by atomic mass is 31.2. The van der Waals surface area contributed by atoms with E-state index in [1.54, 1.807) is 0 Å². The standard InChI is InChI=1S/C49H95O8P/c1-3-5-7-9-11-13-15-17-19-21-23-24-26-28-30-32-34-36-38-40-42-44-49(51)57-47(46-56-58(52,53)54)45-55-48(50)43-41-39-37-35-33-31-29-27-25-22-20-18-16-14-12-10-8-6-4-2/h17,19,47H,3-16,18,20-46H2,1-2H3,(H2,52,53,54)/b19-17+/t47-/m1/s1. The van der Waals surface area contributed by atoms with E-state index in [9.17, 15) is 14.2 Å². The van der Waals surface area contributed by atoms with E-state index in [2.05, 4.69) is 30.5 Å². The van der Waals surface area contributed by atoms with Gasteiger partial charge in [-0.25, -0.2) is 4.57 Å². The van der Waals surface area contributed by atoms with E-state index in [0.29, 0.717) is 6.42 Å². The summed E-state index contributed by atoms with van der Waals surface area (Å²) < 4.78 is 26.5. The first kappa shape index (κ1) is 56.8. The van der Waals surface area contributed by atoms with Crippen molar-refractivity contribution in [1.82, 2.24) is 0 Å². The minimum Gasteiger partial charge on any atom is -0.462 e. The second kappa shape index (κ2) is 45.3. The molecule has 0 fully saturated rings. The van der Waals surface area contributed by atoms with Crippen LogP contribution < -0.4 is 0 Å². The highest BCUT2D eigenvalue weighted by Gasteiger charge is 2.23. The number of phosphoric ester groups is 1. The molecule has 0 saturated carbocycles. The second-order valence-corrected chi connectivity index (χ2v) is 18.4. The molecule has 0 unspecified atom stereocenters. The van der Waals surface area contributed by atoms with Crippen molar-refractivity contribution in [3.63, 3.8) is 0 Å². The number of phosphoric acid groups is 1. The summed E-state index contributed by atoms with van der Waals surface area (Å²) in [6.45, 7) is 3.73. The maximum absolute atomic E-state index is 12.5. The Bertz CT molecular complexity index is 951. The number of hydrogen-bond donors (Lipinski definition) is 2. The number of hydrogen-bond acceptors (Lipinski definition) is 6. The molecular weight excluding hydrogens is 748 g/mol. The van der Waals surface area contributed by atoms with Gasteiger partial charge in [-0.15, -0.1) is 0 Å². The molecule has 58 heavy (non-hydrogen) atoms. The van der Waals surface area contributed by atoms with Crippen LogP contribution in [0.2, 0.25) is 0 Å². The van der Waals surface area contributed by atoms with Gasteiger partial charge in [0.05, 0.1) is 6.61 Å². The van der Waals surface area contributed by atoms with Gasteiger partial charge in [0, 0.05) is 12.8 Å². The second-order valence-electron chi connectivity index (χ2n) is 17.2. The molecule has 0 aliphatic rings. The van der Waals surface area contributed by atoms with Crippen LogP contribution in [-0.2, 0) is 28.2 Å². The fourth-order valence-electron chi connectivity index (χ4n) is 7.55. The Balaban J connectivity index is 3.79. The Morgan fingerprint density at radius 3 is 1.05 bits per heavy atom. The van der Waals surface area contributed by atoms with Crippen LogP contribution in [-0.4, -0.2) is 41.0 Å². The van der Waals surface area contributed by atoms with E-state index in [1.165, 1.54) is 199 Å². The number of esters is 2. The normalized spacial score (nSPS) is 12.4. The van der Waals surface area contributed by atoms with Gasteiger partial charge in [-0.2, -0.15) is 0 Å². The molecule has 1 atom stereocenters. The largest absolute Gasteiger partial charge is 0.469 e. The molecule has 8 nitrogen and oxygen atoms in total. The summed E-state index contributed by atoms with van der Waals surface area (Å²) in [5.74, 6) is -0.867. The molecule has 0 aliphatic carbocycles. The van der Waals surface area contributed by atoms with Crippen LogP contribution in [0.5, 0.6) is 0 Å². The molecular formula is C49H95O8P. The molecule has 0 spiro atoms. The van der Waals surface area contributed by atoms with Crippen LogP contribution in [0.1, 0.15) is 271 Å². The molecule has 0 rings (SSSR count). The zero-order valence-corrected chi connectivity index (χ0v) is 39.1. The van der Waals surface area contributed by atoms with Crippen molar-refractivity contribution >= 4 is 19.8 Å². The summed E-state index contributed by atoms with van der Waals surface area (Å²) in [7, 11) is -4.75. The van der Waals surface area contributed by atoms with E-state index in [1.807, 2.05) is 0 Å². The predicted octanol–water partition coefficient (Wildman–Crippen LogP) is 15.8. The minimum atomic E-state index is -4.75. The molecule has 0 heterocycles. The van der Waals surface area contributed by atoms with Crippen molar-refractivity contribution in [2.75, 3.05) is 13.2 Å². The smallest absolute Gasteiger partial charge is 0.462 e. The number of allylic oxidation sites excluding steroid dienone is 2. The lowest BCUT2D eigenvalue weighted by molar-refractivity contribution is -0.161. The van der Waals surface area contributed by atoms with Gasteiger partial charge in [0.1, 0.15) is 6.61 Å². The Hall–Kier alpha value is -1.21. The summed E-state index contributed by atoms with van der Waals surface area (Å²) in [5.41, 5.74) is 0. The Morgan fingerprint density at radius 2 is 0.724 bits per heavy atom. The number of carbonyl (C=O) groups is 2. The zero-order chi connectivity index (χ0) is 42.5. The maximum atomic E-state index is 12.5. The van der Waals surface area contributed by atoms with Crippen LogP contribution in [0.4, 0.5) is 0 Å². The van der Waals surface area contributed by atoms with E-state index < -0.39 is 32.5 Å². The lowest BCUT2D eigenvalue weighted by Crippen LogP contribution is -2.29. The first-order valence-corrected chi connectivity index (χ1v) is 26.5. The predicted molar refractivity (Wildman–Crippen MR) is 244 cm³/mol. The van der Waals surface area contributed by atoms with Crippen LogP contribution in [0.15, 0.2) is 12.2 Å². The lowest BCUT2D eigenvalue weighted by atomic mass is 10.0. The van der Waals surface area contributed by atoms with Gasteiger partial charge in [0.25, 0.3) is 0 Å². The zero-order valence-electron chi connectivity index (χ0n) is 38.2. The average molecular weight is 843 g/mol. The first-order chi connectivity index (χ1) is 28.3. The summed E-state index contributed by atoms with van der Waals surface area (Å²) in [5, 5.41) is 0. The third-order valence-electron chi connectivity index (χ3n) is 11.3. The van der Waals surface area contributed by atoms with Gasteiger partial charge in [-0.1, -0.05) is 231 Å². The molecule has 0 radical (unpaired) electrons. The SMILES string of the molecule is CCCCCCCC/C=C/CCCCCCCCCCCCCC(=O)O[C@H](COC(=O)CCCCCCCCCCCCCCCCCCCCC)COP(=O)(O)O. The monoisotopic (exact) mass is 843 g/mol. The van der Waals surface area contributed by atoms with Gasteiger partial charge in [-0.3, -0.25) is 14.1 Å². The molecule has 0 aliphatic heterocycles. The van der Waals surface area contributed by atoms with Crippen LogP contribution >= 0.6 is 7.82 Å². The van der Waals surface area contributed by atoms with Crippen LogP contribution in [0.3, 0.4) is 0 Å². The van der Waals surface area contributed by atoms with Gasteiger partial charge < -0.3 is 19.3 Å². The average Bonchev–Trinajstić information content (AvgIpc) is 3.20. The van der Waals surface area contributed by atoms with Crippen molar-refractivity contribution in [1.29, 1.82) is 0 Å². The topological polar surface area (TPSA) is 119 Å². The van der Waals surface area contributed by atoms with Crippen LogP contribution in [0.25, 0.3) is 0 Å². The van der Waals surface area contributed by atoms with Crippen molar-refractivity contribution < 1.29 is 37.9 Å². The van der Waals surface area contributed by atoms with Gasteiger partial charge >= 0.3 is 19.8 Å². The molecule has 0 bridgehead atoms. The Morgan fingerprint density at radius 1 is 0.431 bits per heavy atom. The minimum absolute atomic E-state index is 0.216. The highest BCUT2D eigenvalue weighted by Crippen LogP contribution is 2.36. The number of rotatable bonds is 47. The molecule has 0 aromatic heterocycles. The number of carbonyl (C=O) groups excluding carboxylic acids is 2. The third-order valence-corrected chi connectivity index (χ3v) is 11.8.